The molecule has 3 heterocycles. The summed E-state index contributed by atoms with van der Waals surface area (Å²) in [5.74, 6) is -0.348. The summed E-state index contributed by atoms with van der Waals surface area (Å²) in [5.41, 5.74) is 1.41. The average molecular weight is 346 g/mol. The number of nitrogens with zero attached hydrogens (tertiary/aromatic N) is 4. The summed E-state index contributed by atoms with van der Waals surface area (Å²) in [6.45, 7) is 3.35. The van der Waals surface area contributed by atoms with E-state index in [0.717, 1.165) is 45.6 Å². The Labute approximate surface area is 146 Å². The van der Waals surface area contributed by atoms with E-state index in [1.54, 1.807) is 22.9 Å². The van der Waals surface area contributed by atoms with Crippen LogP contribution in [-0.4, -0.2) is 57.3 Å². The number of hydrogen-bond acceptors (Lipinski definition) is 5. The van der Waals surface area contributed by atoms with Crippen LogP contribution in [0.1, 0.15) is 31.0 Å². The normalized spacial score (nSPS) is 22.6. The van der Waals surface area contributed by atoms with Crippen LogP contribution in [0.3, 0.4) is 0 Å². The maximum absolute atomic E-state index is 14.1. The Morgan fingerprint density at radius 3 is 2.72 bits per heavy atom. The molecule has 7 heteroatoms. The predicted octanol–water partition coefficient (Wildman–Crippen LogP) is 2.00. The molecule has 1 atom stereocenters. The minimum absolute atomic E-state index is 0.165. The van der Waals surface area contributed by atoms with Crippen LogP contribution in [0.2, 0.25) is 0 Å². The summed E-state index contributed by atoms with van der Waals surface area (Å²) < 4.78 is 21.3. The van der Waals surface area contributed by atoms with Crippen molar-refractivity contribution in [2.45, 2.75) is 38.0 Å². The van der Waals surface area contributed by atoms with Gasteiger partial charge in [-0.1, -0.05) is 17.3 Å². The first-order valence-corrected chi connectivity index (χ1v) is 8.89. The Morgan fingerprint density at radius 1 is 1.16 bits per heavy atom. The van der Waals surface area contributed by atoms with E-state index in [2.05, 4.69) is 15.2 Å². The molecule has 6 nitrogen and oxygen atoms in total. The Kier molecular flexibility index (Phi) is 4.78. The zero-order valence-electron chi connectivity index (χ0n) is 14.1. The third-order valence-electron chi connectivity index (χ3n) is 5.32. The van der Waals surface area contributed by atoms with E-state index in [1.807, 2.05) is 0 Å². The summed E-state index contributed by atoms with van der Waals surface area (Å²) in [6, 6.07) is 7.21. The van der Waals surface area contributed by atoms with Gasteiger partial charge in [0, 0.05) is 37.9 Å². The molecule has 1 unspecified atom stereocenters. The summed E-state index contributed by atoms with van der Waals surface area (Å²) in [5, 5.41) is 18.3. The summed E-state index contributed by atoms with van der Waals surface area (Å²) in [7, 11) is 0. The van der Waals surface area contributed by atoms with Crippen LogP contribution >= 0.6 is 0 Å². The van der Waals surface area contributed by atoms with Gasteiger partial charge in [0.25, 0.3) is 0 Å². The highest BCUT2D eigenvalue weighted by Crippen LogP contribution is 2.31. The smallest absolute Gasteiger partial charge is 0.132 e. The molecule has 0 aliphatic carbocycles. The molecule has 2 aliphatic heterocycles. The number of aromatic nitrogens is 3. The summed E-state index contributed by atoms with van der Waals surface area (Å²) in [4.78, 5) is 2.48. The van der Waals surface area contributed by atoms with Crippen molar-refractivity contribution in [3.63, 3.8) is 0 Å². The van der Waals surface area contributed by atoms with Gasteiger partial charge in [-0.25, -0.2) is 9.07 Å². The highest BCUT2D eigenvalue weighted by Gasteiger charge is 2.32. The first-order valence-electron chi connectivity index (χ1n) is 8.89. The van der Waals surface area contributed by atoms with Crippen LogP contribution in [0.25, 0.3) is 11.3 Å². The van der Waals surface area contributed by atoms with E-state index in [4.69, 9.17) is 4.74 Å². The van der Waals surface area contributed by atoms with Crippen molar-refractivity contribution in [2.75, 3.05) is 26.3 Å². The minimum Gasteiger partial charge on any atom is -0.390 e. The molecular weight excluding hydrogens is 323 g/mol. The monoisotopic (exact) mass is 346 g/mol. The lowest BCUT2D eigenvalue weighted by atomic mass is 10.1. The van der Waals surface area contributed by atoms with Gasteiger partial charge < -0.3 is 9.84 Å². The third-order valence-corrected chi connectivity index (χ3v) is 5.32. The molecular formula is C18H23FN4O2. The number of aliphatic hydroxyl groups excluding tert-OH is 1. The average Bonchev–Trinajstić information content (AvgIpc) is 3.29. The molecule has 0 radical (unpaired) electrons. The van der Waals surface area contributed by atoms with Crippen molar-refractivity contribution >= 4 is 0 Å². The second kappa shape index (κ2) is 7.19. The topological polar surface area (TPSA) is 63.4 Å². The lowest BCUT2D eigenvalue weighted by molar-refractivity contribution is 0.0410. The van der Waals surface area contributed by atoms with E-state index in [0.29, 0.717) is 23.0 Å². The molecule has 4 rings (SSSR count). The molecule has 0 spiro atoms. The Balaban J connectivity index is 1.56. The molecule has 25 heavy (non-hydrogen) atoms. The fraction of sp³-hybridized carbons (Fsp3) is 0.556. The number of aliphatic hydroxyl groups is 1. The Bertz CT molecular complexity index is 730. The molecule has 2 aromatic rings. The lowest BCUT2D eigenvalue weighted by Crippen LogP contribution is -2.38. The van der Waals surface area contributed by atoms with Gasteiger partial charge in [-0.05, 0) is 31.4 Å². The fourth-order valence-electron chi connectivity index (χ4n) is 3.97. The van der Waals surface area contributed by atoms with E-state index >= 15 is 0 Å². The molecule has 134 valence electrons. The van der Waals surface area contributed by atoms with Crippen molar-refractivity contribution in [1.82, 2.24) is 19.9 Å². The lowest BCUT2D eigenvalue weighted by Gasteiger charge is -2.31. The fourth-order valence-corrected chi connectivity index (χ4v) is 3.97. The van der Waals surface area contributed by atoms with Gasteiger partial charge in [-0.2, -0.15) is 0 Å². The summed E-state index contributed by atoms with van der Waals surface area (Å²) >= 11 is 0. The number of halogens is 1. The minimum atomic E-state index is -0.348. The van der Waals surface area contributed by atoms with Gasteiger partial charge in [0.1, 0.15) is 11.5 Å². The molecule has 1 aromatic carbocycles. The molecule has 2 aliphatic rings. The predicted molar refractivity (Wildman–Crippen MR) is 90.4 cm³/mol. The Hall–Kier alpha value is -1.83. The van der Waals surface area contributed by atoms with Crippen molar-refractivity contribution in [1.29, 1.82) is 0 Å². The van der Waals surface area contributed by atoms with Crippen LogP contribution in [-0.2, 0) is 11.3 Å². The van der Waals surface area contributed by atoms with E-state index in [1.165, 1.54) is 6.07 Å². The van der Waals surface area contributed by atoms with Crippen molar-refractivity contribution in [3.05, 3.63) is 35.8 Å². The van der Waals surface area contributed by atoms with E-state index in [-0.39, 0.29) is 18.5 Å². The molecule has 0 amide bonds. The maximum Gasteiger partial charge on any atom is 0.132 e. The van der Waals surface area contributed by atoms with Gasteiger partial charge in [0.05, 0.1) is 18.3 Å². The van der Waals surface area contributed by atoms with Crippen LogP contribution in [0.5, 0.6) is 0 Å². The summed E-state index contributed by atoms with van der Waals surface area (Å²) in [6.07, 6.45) is 3.10. The number of likely N-dealkylation sites (tertiary alicyclic amines) is 1. The number of hydrogen-bond donors (Lipinski definition) is 1. The second-order valence-electron chi connectivity index (χ2n) is 6.75. The standard InChI is InChI=1S/C18H23FN4O2/c19-16-4-2-1-3-15(16)18-17(12-24)23(21-20-18)14-5-8-22(11-14)13-6-9-25-10-7-13/h1-4,13-14,24H,5-12H2. The van der Waals surface area contributed by atoms with Crippen LogP contribution < -0.4 is 0 Å². The molecule has 0 bridgehead atoms. The molecule has 1 N–H and O–H groups in total. The highest BCUT2D eigenvalue weighted by atomic mass is 19.1. The van der Waals surface area contributed by atoms with Gasteiger partial charge in [-0.15, -0.1) is 5.10 Å². The van der Waals surface area contributed by atoms with Crippen LogP contribution in [0.15, 0.2) is 24.3 Å². The van der Waals surface area contributed by atoms with Crippen molar-refractivity contribution in [2.24, 2.45) is 0 Å². The van der Waals surface area contributed by atoms with Gasteiger partial charge in [0.15, 0.2) is 0 Å². The number of ether oxygens (including phenoxy) is 1. The van der Waals surface area contributed by atoms with E-state index in [9.17, 15) is 9.50 Å². The Morgan fingerprint density at radius 2 is 1.96 bits per heavy atom. The van der Waals surface area contributed by atoms with Gasteiger partial charge in [0.2, 0.25) is 0 Å². The first kappa shape index (κ1) is 16.6. The number of benzene rings is 1. The second-order valence-corrected chi connectivity index (χ2v) is 6.75. The SMILES string of the molecule is OCc1c(-c2ccccc2F)nnn1C1CCN(C2CCOCC2)C1. The molecule has 1 aromatic heterocycles. The van der Waals surface area contributed by atoms with Crippen molar-refractivity contribution in [3.8, 4) is 11.3 Å². The molecule has 0 saturated carbocycles. The quantitative estimate of drug-likeness (QED) is 0.917. The van der Waals surface area contributed by atoms with Crippen LogP contribution in [0.4, 0.5) is 4.39 Å². The number of rotatable bonds is 4. The largest absolute Gasteiger partial charge is 0.390 e. The van der Waals surface area contributed by atoms with E-state index < -0.39 is 0 Å². The third kappa shape index (κ3) is 3.19. The molecule has 2 saturated heterocycles. The van der Waals surface area contributed by atoms with Gasteiger partial charge >= 0.3 is 0 Å². The molecule has 2 fully saturated rings. The first-order chi connectivity index (χ1) is 12.3. The maximum atomic E-state index is 14.1. The zero-order valence-corrected chi connectivity index (χ0v) is 14.1. The van der Waals surface area contributed by atoms with Gasteiger partial charge in [-0.3, -0.25) is 4.90 Å². The van der Waals surface area contributed by atoms with Crippen molar-refractivity contribution < 1.29 is 14.2 Å². The highest BCUT2D eigenvalue weighted by molar-refractivity contribution is 5.61. The zero-order chi connectivity index (χ0) is 17.2. The van der Waals surface area contributed by atoms with Crippen LogP contribution in [0, 0.1) is 5.82 Å².